The smallest absolute Gasteiger partial charge is 0.325 e. The number of benzene rings is 1. The number of amides is 4. The van der Waals surface area contributed by atoms with Gasteiger partial charge in [-0.2, -0.15) is 0 Å². The number of nitrogens with zero attached hydrogens (tertiary/aromatic N) is 2. The molecule has 0 aromatic heterocycles. The molecule has 2 aliphatic heterocycles. The van der Waals surface area contributed by atoms with Gasteiger partial charge in [0.25, 0.3) is 5.91 Å². The zero-order valence-corrected chi connectivity index (χ0v) is 18.2. The van der Waals surface area contributed by atoms with E-state index < -0.39 is 5.54 Å². The number of nitrogens with one attached hydrogen (secondary N) is 1. The minimum absolute atomic E-state index is 0.00284. The van der Waals surface area contributed by atoms with Gasteiger partial charge in [0.1, 0.15) is 5.54 Å². The molecule has 2 heterocycles. The number of hydrogen-bond acceptors (Lipinski definition) is 3. The highest BCUT2D eigenvalue weighted by Gasteiger charge is 2.51. The molecule has 2 saturated heterocycles. The van der Waals surface area contributed by atoms with Crippen molar-refractivity contribution in [3.63, 3.8) is 0 Å². The van der Waals surface area contributed by atoms with Crippen molar-refractivity contribution < 1.29 is 14.4 Å². The highest BCUT2D eigenvalue weighted by Crippen LogP contribution is 2.34. The van der Waals surface area contributed by atoms with E-state index in [-0.39, 0.29) is 23.8 Å². The lowest BCUT2D eigenvalue weighted by molar-refractivity contribution is -0.132. The number of urea groups is 1. The van der Waals surface area contributed by atoms with Crippen LogP contribution in [0, 0.1) is 5.92 Å². The third-order valence-corrected chi connectivity index (χ3v) is 6.96. The molecule has 1 aliphatic carbocycles. The second-order valence-electron chi connectivity index (χ2n) is 9.58. The van der Waals surface area contributed by atoms with E-state index >= 15 is 0 Å². The topological polar surface area (TPSA) is 69.7 Å². The fourth-order valence-electron chi connectivity index (χ4n) is 5.13. The van der Waals surface area contributed by atoms with Gasteiger partial charge in [0.15, 0.2) is 0 Å². The summed E-state index contributed by atoms with van der Waals surface area (Å²) in [5.41, 5.74) is 1.70. The Hall–Kier alpha value is -2.37. The SMILES string of the molecule is CC(C)c1ccc(CN2CC(CN3C(=O)NC4(CCCCCC4)C3=O)CC2=O)cc1. The Bertz CT molecular complexity index is 809. The predicted octanol–water partition coefficient (Wildman–Crippen LogP) is 3.80. The standard InChI is InChI=1S/C24H33N3O3/c1-17(2)20-9-7-18(8-10-20)14-26-15-19(13-21(26)28)16-27-22(29)24(25-23(27)30)11-5-3-4-6-12-24/h7-10,17,19H,3-6,11-16H2,1-2H3,(H,25,30). The van der Waals surface area contributed by atoms with Gasteiger partial charge in [-0.25, -0.2) is 4.79 Å². The summed E-state index contributed by atoms with van der Waals surface area (Å²) >= 11 is 0. The van der Waals surface area contributed by atoms with Crippen LogP contribution < -0.4 is 5.32 Å². The maximum absolute atomic E-state index is 13.1. The third kappa shape index (κ3) is 4.09. The van der Waals surface area contributed by atoms with Crippen LogP contribution in [0.15, 0.2) is 24.3 Å². The molecule has 3 fully saturated rings. The van der Waals surface area contributed by atoms with Gasteiger partial charge in [-0.1, -0.05) is 63.8 Å². The quantitative estimate of drug-likeness (QED) is 0.749. The normalized spacial score (nSPS) is 24.1. The molecular formula is C24H33N3O3. The molecule has 1 aromatic rings. The van der Waals surface area contributed by atoms with Gasteiger partial charge < -0.3 is 10.2 Å². The summed E-state index contributed by atoms with van der Waals surface area (Å²) < 4.78 is 0. The van der Waals surface area contributed by atoms with Gasteiger partial charge in [-0.15, -0.1) is 0 Å². The molecule has 6 heteroatoms. The molecule has 1 unspecified atom stereocenters. The average Bonchev–Trinajstić information content (AvgIpc) is 3.04. The molecule has 6 nitrogen and oxygen atoms in total. The molecule has 1 N–H and O–H groups in total. The summed E-state index contributed by atoms with van der Waals surface area (Å²) in [6.45, 7) is 5.84. The molecule has 0 bridgehead atoms. The Morgan fingerprint density at radius 2 is 1.70 bits per heavy atom. The Morgan fingerprint density at radius 1 is 1.03 bits per heavy atom. The molecule has 4 rings (SSSR count). The summed E-state index contributed by atoms with van der Waals surface area (Å²) in [5, 5.41) is 3.00. The second-order valence-corrected chi connectivity index (χ2v) is 9.58. The molecule has 1 saturated carbocycles. The van der Waals surface area contributed by atoms with Crippen LogP contribution in [0.25, 0.3) is 0 Å². The maximum Gasteiger partial charge on any atom is 0.325 e. The van der Waals surface area contributed by atoms with Gasteiger partial charge in [0, 0.05) is 32.0 Å². The van der Waals surface area contributed by atoms with Gasteiger partial charge in [0.05, 0.1) is 0 Å². The van der Waals surface area contributed by atoms with Gasteiger partial charge in [0.2, 0.25) is 5.91 Å². The number of likely N-dealkylation sites (tertiary alicyclic amines) is 1. The van der Waals surface area contributed by atoms with E-state index in [1.165, 1.54) is 10.5 Å². The van der Waals surface area contributed by atoms with Crippen LogP contribution >= 0.6 is 0 Å². The Balaban J connectivity index is 1.37. The second kappa shape index (κ2) is 8.40. The summed E-state index contributed by atoms with van der Waals surface area (Å²) in [7, 11) is 0. The molecule has 1 aromatic carbocycles. The Kier molecular flexibility index (Phi) is 5.85. The van der Waals surface area contributed by atoms with Gasteiger partial charge in [-0.3, -0.25) is 14.5 Å². The van der Waals surface area contributed by atoms with E-state index in [1.54, 1.807) is 0 Å². The van der Waals surface area contributed by atoms with Crippen molar-refractivity contribution in [3.8, 4) is 0 Å². The van der Waals surface area contributed by atoms with Crippen LogP contribution in [-0.4, -0.2) is 46.3 Å². The number of imide groups is 1. The summed E-state index contributed by atoms with van der Waals surface area (Å²) in [6, 6.07) is 8.14. The number of carbonyl (C=O) groups excluding carboxylic acids is 3. The van der Waals surface area contributed by atoms with Crippen LogP contribution in [0.3, 0.4) is 0 Å². The lowest BCUT2D eigenvalue weighted by atomic mass is 9.90. The first-order chi connectivity index (χ1) is 14.4. The number of rotatable bonds is 5. The van der Waals surface area contributed by atoms with E-state index in [9.17, 15) is 14.4 Å². The molecule has 162 valence electrons. The van der Waals surface area contributed by atoms with Crippen LogP contribution in [-0.2, 0) is 16.1 Å². The van der Waals surface area contributed by atoms with Crippen molar-refractivity contribution in [1.82, 2.24) is 15.1 Å². The summed E-state index contributed by atoms with van der Waals surface area (Å²) in [6.07, 6.45) is 6.06. The molecule has 30 heavy (non-hydrogen) atoms. The van der Waals surface area contributed by atoms with Crippen molar-refractivity contribution >= 4 is 17.8 Å². The fourth-order valence-corrected chi connectivity index (χ4v) is 5.13. The van der Waals surface area contributed by atoms with E-state index in [4.69, 9.17) is 0 Å². The van der Waals surface area contributed by atoms with Gasteiger partial charge >= 0.3 is 6.03 Å². The van der Waals surface area contributed by atoms with Crippen LogP contribution in [0.2, 0.25) is 0 Å². The molecular weight excluding hydrogens is 378 g/mol. The molecule has 3 aliphatic rings. The highest BCUT2D eigenvalue weighted by atomic mass is 16.2. The molecule has 1 spiro atoms. The van der Waals surface area contributed by atoms with Crippen molar-refractivity contribution in [2.75, 3.05) is 13.1 Å². The van der Waals surface area contributed by atoms with Crippen molar-refractivity contribution in [2.45, 2.75) is 76.8 Å². The van der Waals surface area contributed by atoms with Crippen LogP contribution in [0.4, 0.5) is 4.79 Å². The summed E-state index contributed by atoms with van der Waals surface area (Å²) in [5.74, 6) is 0.509. The van der Waals surface area contributed by atoms with E-state index in [0.29, 0.717) is 32.0 Å². The zero-order valence-electron chi connectivity index (χ0n) is 18.2. The molecule has 4 amide bonds. The first-order valence-electron chi connectivity index (χ1n) is 11.4. The largest absolute Gasteiger partial charge is 0.338 e. The van der Waals surface area contributed by atoms with Crippen LogP contribution in [0.5, 0.6) is 0 Å². The zero-order chi connectivity index (χ0) is 21.3. The maximum atomic E-state index is 13.1. The van der Waals surface area contributed by atoms with E-state index in [1.807, 2.05) is 4.90 Å². The van der Waals surface area contributed by atoms with E-state index in [0.717, 1.165) is 44.1 Å². The molecule has 0 radical (unpaired) electrons. The van der Waals surface area contributed by atoms with E-state index in [2.05, 4.69) is 43.4 Å². The lowest BCUT2D eigenvalue weighted by Crippen LogP contribution is -2.46. The van der Waals surface area contributed by atoms with Gasteiger partial charge in [-0.05, 0) is 29.9 Å². The third-order valence-electron chi connectivity index (χ3n) is 6.96. The number of hydrogen-bond donors (Lipinski definition) is 1. The lowest BCUT2D eigenvalue weighted by Gasteiger charge is -2.25. The van der Waals surface area contributed by atoms with Crippen molar-refractivity contribution in [3.05, 3.63) is 35.4 Å². The highest BCUT2D eigenvalue weighted by molar-refractivity contribution is 6.07. The molecule has 1 atom stereocenters. The van der Waals surface area contributed by atoms with Crippen molar-refractivity contribution in [1.29, 1.82) is 0 Å². The van der Waals surface area contributed by atoms with Crippen molar-refractivity contribution in [2.24, 2.45) is 5.92 Å². The predicted molar refractivity (Wildman–Crippen MR) is 115 cm³/mol. The average molecular weight is 412 g/mol. The van der Waals surface area contributed by atoms with Crippen LogP contribution in [0.1, 0.15) is 75.8 Å². The Morgan fingerprint density at radius 3 is 2.33 bits per heavy atom. The fraction of sp³-hybridized carbons (Fsp3) is 0.625. The summed E-state index contributed by atoms with van der Waals surface area (Å²) in [4.78, 5) is 41.5. The Labute approximate surface area is 179 Å². The minimum Gasteiger partial charge on any atom is -0.338 e. The monoisotopic (exact) mass is 411 g/mol. The number of carbonyl (C=O) groups is 3. The first kappa shape index (κ1) is 20.9. The first-order valence-corrected chi connectivity index (χ1v) is 11.4. The minimum atomic E-state index is -0.700.